The molecule has 3 heteroatoms. The standard InChI is InChI=1S/C15H25NO2/c1-12(2)16-8-9-17-10-11-18-15-13(3)6-5-7-14(15)4/h5-7,12,16H,8-11H2,1-4H3. The highest BCUT2D eigenvalue weighted by Crippen LogP contribution is 2.21. The molecule has 0 bridgehead atoms. The third kappa shape index (κ3) is 5.52. The average Bonchev–Trinajstić information content (AvgIpc) is 2.30. The molecule has 1 aromatic rings. The van der Waals surface area contributed by atoms with Gasteiger partial charge in [-0.2, -0.15) is 0 Å². The SMILES string of the molecule is Cc1cccc(C)c1OCCOCCNC(C)C. The molecule has 0 saturated heterocycles. The largest absolute Gasteiger partial charge is 0.491 e. The van der Waals surface area contributed by atoms with Crippen molar-refractivity contribution >= 4 is 0 Å². The smallest absolute Gasteiger partial charge is 0.125 e. The first-order valence-electron chi connectivity index (χ1n) is 6.61. The van der Waals surface area contributed by atoms with E-state index in [1.165, 1.54) is 11.1 Å². The average molecular weight is 251 g/mol. The maximum atomic E-state index is 5.75. The lowest BCUT2D eigenvalue weighted by molar-refractivity contribution is 0.100. The fraction of sp³-hybridized carbons (Fsp3) is 0.600. The highest BCUT2D eigenvalue weighted by Gasteiger charge is 2.02. The van der Waals surface area contributed by atoms with E-state index in [0.29, 0.717) is 19.3 Å². The van der Waals surface area contributed by atoms with Crippen LogP contribution < -0.4 is 10.1 Å². The van der Waals surface area contributed by atoms with Gasteiger partial charge >= 0.3 is 0 Å². The van der Waals surface area contributed by atoms with Crippen molar-refractivity contribution in [2.75, 3.05) is 26.4 Å². The van der Waals surface area contributed by atoms with E-state index in [1.807, 2.05) is 6.07 Å². The van der Waals surface area contributed by atoms with Gasteiger partial charge in [-0.25, -0.2) is 0 Å². The summed E-state index contributed by atoms with van der Waals surface area (Å²) in [5.41, 5.74) is 2.35. The third-order valence-electron chi connectivity index (χ3n) is 2.68. The molecule has 0 heterocycles. The molecule has 0 radical (unpaired) electrons. The van der Waals surface area contributed by atoms with Crippen molar-refractivity contribution < 1.29 is 9.47 Å². The molecule has 1 N–H and O–H groups in total. The van der Waals surface area contributed by atoms with Crippen molar-refractivity contribution in [1.82, 2.24) is 5.32 Å². The number of benzene rings is 1. The van der Waals surface area contributed by atoms with Gasteiger partial charge in [0.1, 0.15) is 12.4 Å². The molecule has 0 aromatic heterocycles. The Kier molecular flexibility index (Phi) is 6.76. The molecular weight excluding hydrogens is 226 g/mol. The van der Waals surface area contributed by atoms with Gasteiger partial charge in [0, 0.05) is 12.6 Å². The molecule has 0 saturated carbocycles. The van der Waals surface area contributed by atoms with Crippen LogP contribution in [0.5, 0.6) is 5.75 Å². The van der Waals surface area contributed by atoms with Crippen LogP contribution in [0.25, 0.3) is 0 Å². The molecule has 102 valence electrons. The predicted molar refractivity (Wildman–Crippen MR) is 75.4 cm³/mol. The molecule has 18 heavy (non-hydrogen) atoms. The van der Waals surface area contributed by atoms with E-state index in [9.17, 15) is 0 Å². The van der Waals surface area contributed by atoms with Crippen molar-refractivity contribution in [3.63, 3.8) is 0 Å². The van der Waals surface area contributed by atoms with Crippen molar-refractivity contribution in [1.29, 1.82) is 0 Å². The van der Waals surface area contributed by atoms with Gasteiger partial charge < -0.3 is 14.8 Å². The Hall–Kier alpha value is -1.06. The number of ether oxygens (including phenoxy) is 2. The minimum absolute atomic E-state index is 0.513. The monoisotopic (exact) mass is 251 g/mol. The van der Waals surface area contributed by atoms with E-state index in [0.717, 1.165) is 18.9 Å². The van der Waals surface area contributed by atoms with Crippen LogP contribution in [0.1, 0.15) is 25.0 Å². The topological polar surface area (TPSA) is 30.5 Å². The summed E-state index contributed by atoms with van der Waals surface area (Å²) in [6.45, 7) is 11.2. The summed E-state index contributed by atoms with van der Waals surface area (Å²) in [7, 11) is 0. The lowest BCUT2D eigenvalue weighted by Gasteiger charge is -2.12. The van der Waals surface area contributed by atoms with Gasteiger partial charge in [0.15, 0.2) is 0 Å². The van der Waals surface area contributed by atoms with Gasteiger partial charge in [0.05, 0.1) is 13.2 Å². The van der Waals surface area contributed by atoms with Gasteiger partial charge in [-0.3, -0.25) is 0 Å². The molecular formula is C15H25NO2. The molecule has 1 rings (SSSR count). The Bertz CT molecular complexity index is 330. The number of aryl methyl sites for hydroxylation is 2. The van der Waals surface area contributed by atoms with Gasteiger partial charge in [-0.05, 0) is 25.0 Å². The lowest BCUT2D eigenvalue weighted by atomic mass is 10.1. The summed E-state index contributed by atoms with van der Waals surface area (Å²) in [6.07, 6.45) is 0. The van der Waals surface area contributed by atoms with E-state index in [1.54, 1.807) is 0 Å². The Morgan fingerprint density at radius 2 is 1.72 bits per heavy atom. The zero-order valence-corrected chi connectivity index (χ0v) is 12.0. The molecule has 0 amide bonds. The Labute approximate surface area is 110 Å². The summed E-state index contributed by atoms with van der Waals surface area (Å²) in [4.78, 5) is 0. The van der Waals surface area contributed by atoms with Crippen molar-refractivity contribution in [3.8, 4) is 5.75 Å². The highest BCUT2D eigenvalue weighted by molar-refractivity contribution is 5.39. The number of hydrogen-bond acceptors (Lipinski definition) is 3. The first-order valence-corrected chi connectivity index (χ1v) is 6.61. The van der Waals surface area contributed by atoms with Crippen LogP contribution in [0, 0.1) is 13.8 Å². The number of rotatable bonds is 8. The van der Waals surface area contributed by atoms with E-state index in [-0.39, 0.29) is 0 Å². The van der Waals surface area contributed by atoms with Gasteiger partial charge in [0.25, 0.3) is 0 Å². The van der Waals surface area contributed by atoms with Crippen molar-refractivity contribution in [3.05, 3.63) is 29.3 Å². The fourth-order valence-corrected chi connectivity index (χ4v) is 1.75. The van der Waals surface area contributed by atoms with Crippen LogP contribution in [0.15, 0.2) is 18.2 Å². The zero-order chi connectivity index (χ0) is 13.4. The van der Waals surface area contributed by atoms with Crippen LogP contribution in [0.2, 0.25) is 0 Å². The molecule has 0 atom stereocenters. The second-order valence-electron chi connectivity index (χ2n) is 4.79. The third-order valence-corrected chi connectivity index (χ3v) is 2.68. The number of para-hydroxylation sites is 1. The Balaban J connectivity index is 2.14. The summed E-state index contributed by atoms with van der Waals surface area (Å²) < 4.78 is 11.2. The first kappa shape index (κ1) is 15.0. The van der Waals surface area contributed by atoms with E-state index in [2.05, 4.69) is 45.1 Å². The quantitative estimate of drug-likeness (QED) is 0.721. The van der Waals surface area contributed by atoms with Crippen LogP contribution in [0.4, 0.5) is 0 Å². The predicted octanol–water partition coefficient (Wildman–Crippen LogP) is 2.70. The summed E-state index contributed by atoms with van der Waals surface area (Å²) in [6, 6.07) is 6.69. The summed E-state index contributed by atoms with van der Waals surface area (Å²) in [5.74, 6) is 0.987. The highest BCUT2D eigenvalue weighted by atomic mass is 16.5. The van der Waals surface area contributed by atoms with Crippen molar-refractivity contribution in [2.24, 2.45) is 0 Å². The molecule has 1 aromatic carbocycles. The second kappa shape index (κ2) is 8.11. The maximum Gasteiger partial charge on any atom is 0.125 e. The van der Waals surface area contributed by atoms with E-state index in [4.69, 9.17) is 9.47 Å². The molecule has 3 nitrogen and oxygen atoms in total. The van der Waals surface area contributed by atoms with E-state index < -0.39 is 0 Å². The normalized spacial score (nSPS) is 10.9. The summed E-state index contributed by atoms with van der Waals surface area (Å²) in [5, 5.41) is 3.31. The van der Waals surface area contributed by atoms with Crippen LogP contribution in [-0.2, 0) is 4.74 Å². The van der Waals surface area contributed by atoms with Crippen molar-refractivity contribution in [2.45, 2.75) is 33.7 Å². The van der Waals surface area contributed by atoms with E-state index >= 15 is 0 Å². The summed E-state index contributed by atoms with van der Waals surface area (Å²) >= 11 is 0. The molecule has 0 spiro atoms. The minimum Gasteiger partial charge on any atom is -0.491 e. The number of hydrogen-bond donors (Lipinski definition) is 1. The molecule has 0 aliphatic rings. The minimum atomic E-state index is 0.513. The molecule has 0 aliphatic heterocycles. The van der Waals surface area contributed by atoms with Gasteiger partial charge in [-0.1, -0.05) is 32.0 Å². The number of nitrogens with one attached hydrogen (secondary N) is 1. The maximum absolute atomic E-state index is 5.75. The Morgan fingerprint density at radius 1 is 1.06 bits per heavy atom. The van der Waals surface area contributed by atoms with Crippen LogP contribution >= 0.6 is 0 Å². The zero-order valence-electron chi connectivity index (χ0n) is 12.0. The van der Waals surface area contributed by atoms with Gasteiger partial charge in [0.2, 0.25) is 0 Å². The van der Waals surface area contributed by atoms with Crippen LogP contribution in [-0.4, -0.2) is 32.4 Å². The first-order chi connectivity index (χ1) is 8.61. The molecule has 0 aliphatic carbocycles. The molecule has 0 fully saturated rings. The van der Waals surface area contributed by atoms with Crippen LogP contribution in [0.3, 0.4) is 0 Å². The van der Waals surface area contributed by atoms with Gasteiger partial charge in [-0.15, -0.1) is 0 Å². The lowest BCUT2D eigenvalue weighted by Crippen LogP contribution is -2.27. The Morgan fingerprint density at radius 3 is 2.33 bits per heavy atom. The fourth-order valence-electron chi connectivity index (χ4n) is 1.75. The second-order valence-corrected chi connectivity index (χ2v) is 4.79. The molecule has 0 unspecified atom stereocenters.